The first-order valence-corrected chi connectivity index (χ1v) is 7.65. The van der Waals surface area contributed by atoms with E-state index in [2.05, 4.69) is 0 Å². The molecular weight excluding hydrogens is 301 g/mol. The molecule has 0 aromatic heterocycles. The van der Waals surface area contributed by atoms with E-state index in [4.69, 9.17) is 10.5 Å². The van der Waals surface area contributed by atoms with Gasteiger partial charge < -0.3 is 20.3 Å². The molecule has 1 fully saturated rings. The Morgan fingerprint density at radius 1 is 1.39 bits per heavy atom. The predicted molar refractivity (Wildman–Crippen MR) is 83.4 cm³/mol. The number of piperidine rings is 1. The summed E-state index contributed by atoms with van der Waals surface area (Å²) in [5, 5.41) is 0. The van der Waals surface area contributed by atoms with Crippen LogP contribution in [-0.4, -0.2) is 55.0 Å². The van der Waals surface area contributed by atoms with Gasteiger partial charge in [-0.3, -0.25) is 4.79 Å². The highest BCUT2D eigenvalue weighted by Crippen LogP contribution is 2.18. The van der Waals surface area contributed by atoms with Crippen molar-refractivity contribution < 1.29 is 18.7 Å². The van der Waals surface area contributed by atoms with E-state index in [0.717, 1.165) is 12.8 Å². The Bertz CT molecular complexity index is 550. The molecule has 0 bridgehead atoms. The molecule has 1 aliphatic rings. The summed E-state index contributed by atoms with van der Waals surface area (Å²) in [6.07, 6.45) is 1.53. The first-order chi connectivity index (χ1) is 11.0. The summed E-state index contributed by atoms with van der Waals surface area (Å²) in [6.45, 7) is 1.72. The van der Waals surface area contributed by atoms with Crippen molar-refractivity contribution >= 4 is 11.9 Å². The number of hydrogen-bond acceptors (Lipinski definition) is 3. The zero-order chi connectivity index (χ0) is 16.8. The van der Waals surface area contributed by atoms with Gasteiger partial charge in [0.25, 0.3) is 0 Å². The van der Waals surface area contributed by atoms with Crippen LogP contribution in [-0.2, 0) is 4.79 Å². The van der Waals surface area contributed by atoms with Crippen molar-refractivity contribution in [2.75, 3.05) is 33.3 Å². The molecule has 2 N–H and O–H groups in total. The van der Waals surface area contributed by atoms with Crippen molar-refractivity contribution in [1.29, 1.82) is 0 Å². The lowest BCUT2D eigenvalue weighted by molar-refractivity contribution is -0.135. The molecule has 126 valence electrons. The van der Waals surface area contributed by atoms with Gasteiger partial charge in [0.1, 0.15) is 18.2 Å². The predicted octanol–water partition coefficient (Wildman–Crippen LogP) is 1.45. The molecule has 7 heteroatoms. The number of ether oxygens (including phenoxy) is 1. The molecular formula is C16H22FN3O3. The fourth-order valence-corrected chi connectivity index (χ4v) is 2.63. The molecule has 1 heterocycles. The smallest absolute Gasteiger partial charge is 0.314 e. The third-order valence-corrected chi connectivity index (χ3v) is 3.97. The van der Waals surface area contributed by atoms with Crippen LogP contribution in [0.4, 0.5) is 9.18 Å². The fourth-order valence-electron chi connectivity index (χ4n) is 2.63. The lowest BCUT2D eigenvalue weighted by Crippen LogP contribution is -2.48. The van der Waals surface area contributed by atoms with Crippen molar-refractivity contribution in [1.82, 2.24) is 9.80 Å². The number of hydrogen-bond donors (Lipinski definition) is 1. The standard InChI is InChI=1S/C16H22FN3O3/c1-19(9-10-23-14-6-4-13(17)5-7-14)15(21)12-3-2-8-20(11-12)16(18)22/h4-7,12H,2-3,8-11H2,1H3,(H2,18,22)/t12-/m0/s1. The second-order valence-electron chi connectivity index (χ2n) is 5.69. The van der Waals surface area contributed by atoms with Gasteiger partial charge in [-0.25, -0.2) is 9.18 Å². The molecule has 0 spiro atoms. The second-order valence-corrected chi connectivity index (χ2v) is 5.69. The maximum absolute atomic E-state index is 12.8. The average molecular weight is 323 g/mol. The van der Waals surface area contributed by atoms with Crippen LogP contribution >= 0.6 is 0 Å². The Labute approximate surface area is 135 Å². The monoisotopic (exact) mass is 323 g/mol. The van der Waals surface area contributed by atoms with E-state index in [1.54, 1.807) is 24.1 Å². The third-order valence-electron chi connectivity index (χ3n) is 3.97. The van der Waals surface area contributed by atoms with Crippen LogP contribution in [0.25, 0.3) is 0 Å². The summed E-state index contributed by atoms with van der Waals surface area (Å²) in [6, 6.07) is 5.26. The lowest BCUT2D eigenvalue weighted by Gasteiger charge is -2.32. The van der Waals surface area contributed by atoms with Crippen molar-refractivity contribution in [3.63, 3.8) is 0 Å². The van der Waals surface area contributed by atoms with Crippen molar-refractivity contribution in [2.24, 2.45) is 11.7 Å². The summed E-state index contributed by atoms with van der Waals surface area (Å²) < 4.78 is 18.3. The number of urea groups is 1. The number of likely N-dealkylation sites (tertiary alicyclic amines) is 1. The zero-order valence-corrected chi connectivity index (χ0v) is 13.2. The topological polar surface area (TPSA) is 75.9 Å². The van der Waals surface area contributed by atoms with Gasteiger partial charge in [-0.05, 0) is 37.1 Å². The summed E-state index contributed by atoms with van der Waals surface area (Å²) in [4.78, 5) is 26.7. The Morgan fingerprint density at radius 3 is 2.74 bits per heavy atom. The van der Waals surface area contributed by atoms with Crippen LogP contribution in [0.5, 0.6) is 5.75 Å². The van der Waals surface area contributed by atoms with E-state index < -0.39 is 6.03 Å². The number of amides is 3. The molecule has 1 atom stereocenters. The fraction of sp³-hybridized carbons (Fsp3) is 0.500. The van der Waals surface area contributed by atoms with Crippen LogP contribution in [0.3, 0.4) is 0 Å². The van der Waals surface area contributed by atoms with E-state index in [-0.39, 0.29) is 17.6 Å². The van der Waals surface area contributed by atoms with Crippen LogP contribution < -0.4 is 10.5 Å². The molecule has 23 heavy (non-hydrogen) atoms. The van der Waals surface area contributed by atoms with Crippen LogP contribution in [0, 0.1) is 11.7 Å². The summed E-state index contributed by atoms with van der Waals surface area (Å²) in [7, 11) is 1.71. The summed E-state index contributed by atoms with van der Waals surface area (Å²) in [5.74, 6) is 0.0106. The Kier molecular flexibility index (Phi) is 5.78. The molecule has 0 saturated carbocycles. The summed E-state index contributed by atoms with van der Waals surface area (Å²) >= 11 is 0. The minimum atomic E-state index is -0.482. The van der Waals surface area contributed by atoms with Crippen molar-refractivity contribution in [3.05, 3.63) is 30.1 Å². The van der Waals surface area contributed by atoms with Gasteiger partial charge in [-0.2, -0.15) is 0 Å². The van der Waals surface area contributed by atoms with Gasteiger partial charge >= 0.3 is 6.03 Å². The van der Waals surface area contributed by atoms with E-state index in [9.17, 15) is 14.0 Å². The maximum Gasteiger partial charge on any atom is 0.314 e. The molecule has 1 saturated heterocycles. The number of nitrogens with zero attached hydrogens (tertiary/aromatic N) is 2. The number of nitrogens with two attached hydrogens (primary N) is 1. The number of carbonyl (C=O) groups excluding carboxylic acids is 2. The van der Waals surface area contributed by atoms with Crippen LogP contribution in [0.1, 0.15) is 12.8 Å². The zero-order valence-electron chi connectivity index (χ0n) is 13.2. The molecule has 0 unspecified atom stereocenters. The molecule has 1 aliphatic heterocycles. The highest BCUT2D eigenvalue weighted by Gasteiger charge is 2.29. The number of benzene rings is 1. The van der Waals surface area contributed by atoms with Gasteiger partial charge in [-0.1, -0.05) is 0 Å². The van der Waals surface area contributed by atoms with E-state index in [1.165, 1.54) is 17.0 Å². The molecule has 1 aromatic rings. The van der Waals surface area contributed by atoms with Crippen molar-refractivity contribution in [3.8, 4) is 5.75 Å². The minimum Gasteiger partial charge on any atom is -0.492 e. The van der Waals surface area contributed by atoms with Gasteiger partial charge in [0.05, 0.1) is 12.5 Å². The largest absolute Gasteiger partial charge is 0.492 e. The number of likely N-dealkylation sites (N-methyl/N-ethyl adjacent to an activating group) is 1. The number of primary amides is 1. The van der Waals surface area contributed by atoms with Gasteiger partial charge in [0.15, 0.2) is 0 Å². The highest BCUT2D eigenvalue weighted by molar-refractivity contribution is 5.80. The van der Waals surface area contributed by atoms with Gasteiger partial charge in [0.2, 0.25) is 5.91 Å². The number of carbonyl (C=O) groups is 2. The maximum atomic E-state index is 12.8. The van der Waals surface area contributed by atoms with Gasteiger partial charge in [0, 0.05) is 20.1 Å². The van der Waals surface area contributed by atoms with E-state index in [1.807, 2.05) is 0 Å². The Hall–Kier alpha value is -2.31. The van der Waals surface area contributed by atoms with E-state index in [0.29, 0.717) is 32.0 Å². The normalized spacial score (nSPS) is 17.7. The van der Waals surface area contributed by atoms with Crippen LogP contribution in [0.15, 0.2) is 24.3 Å². The molecule has 6 nitrogen and oxygen atoms in total. The number of halogens is 1. The highest BCUT2D eigenvalue weighted by atomic mass is 19.1. The average Bonchev–Trinajstić information content (AvgIpc) is 2.56. The van der Waals surface area contributed by atoms with Crippen molar-refractivity contribution in [2.45, 2.75) is 12.8 Å². The van der Waals surface area contributed by atoms with Crippen LogP contribution in [0.2, 0.25) is 0 Å². The molecule has 3 amide bonds. The Balaban J connectivity index is 1.78. The second kappa shape index (κ2) is 7.80. The first kappa shape index (κ1) is 17.1. The lowest BCUT2D eigenvalue weighted by atomic mass is 9.97. The Morgan fingerprint density at radius 2 is 2.09 bits per heavy atom. The van der Waals surface area contributed by atoms with Gasteiger partial charge in [-0.15, -0.1) is 0 Å². The SMILES string of the molecule is CN(CCOc1ccc(F)cc1)C(=O)[C@H]1CCCN(C(N)=O)C1. The number of rotatable bonds is 5. The molecule has 1 aromatic carbocycles. The molecule has 0 radical (unpaired) electrons. The summed E-state index contributed by atoms with van der Waals surface area (Å²) in [5.41, 5.74) is 5.28. The molecule has 2 rings (SSSR count). The van der Waals surface area contributed by atoms with E-state index >= 15 is 0 Å². The molecule has 0 aliphatic carbocycles. The quantitative estimate of drug-likeness (QED) is 0.891. The first-order valence-electron chi connectivity index (χ1n) is 7.65. The third kappa shape index (κ3) is 4.84. The minimum absolute atomic E-state index is 0.0151.